The molecular formula is C17H28O5. The third-order valence-electron chi connectivity index (χ3n) is 7.50. The molecule has 5 heteroatoms. The lowest BCUT2D eigenvalue weighted by molar-refractivity contribution is -0.450. The van der Waals surface area contributed by atoms with E-state index in [1.807, 2.05) is 0 Å². The molecule has 126 valence electrons. The molecule has 2 heterocycles. The van der Waals surface area contributed by atoms with Crippen LogP contribution in [0.25, 0.3) is 0 Å². The Morgan fingerprint density at radius 2 is 1.82 bits per heavy atom. The first-order valence-corrected chi connectivity index (χ1v) is 8.71. The van der Waals surface area contributed by atoms with Crippen LogP contribution in [0.4, 0.5) is 0 Å². The molecule has 3 unspecified atom stereocenters. The highest BCUT2D eigenvalue weighted by molar-refractivity contribution is 5.28. The van der Waals surface area contributed by atoms with Crippen molar-refractivity contribution in [3.63, 3.8) is 0 Å². The van der Waals surface area contributed by atoms with E-state index < -0.39 is 17.9 Å². The molecule has 0 aromatic rings. The molecule has 0 amide bonds. The van der Waals surface area contributed by atoms with E-state index in [1.54, 1.807) is 6.92 Å². The number of ether oxygens (including phenoxy) is 2. The fourth-order valence-corrected chi connectivity index (χ4v) is 6.40. The molecule has 2 saturated carbocycles. The lowest BCUT2D eigenvalue weighted by atomic mass is 9.58. The number of aliphatic hydroxyl groups excluding tert-OH is 1. The SMILES string of the molecule is C[C@H]1C(O)O[C@@]23O[C@](C)(OO)CCC4[C@H](C)CCC1[C@]42[C@H]3C. The summed E-state index contributed by atoms with van der Waals surface area (Å²) in [5.74, 6) is -0.0162. The first kappa shape index (κ1) is 15.3. The van der Waals surface area contributed by atoms with Crippen molar-refractivity contribution in [2.24, 2.45) is 35.0 Å². The van der Waals surface area contributed by atoms with Gasteiger partial charge in [0.1, 0.15) is 0 Å². The number of aliphatic hydroxyl groups is 1. The largest absolute Gasteiger partial charge is 0.368 e. The van der Waals surface area contributed by atoms with Gasteiger partial charge in [-0.25, -0.2) is 10.1 Å². The predicted octanol–water partition coefficient (Wildman–Crippen LogP) is 2.98. The van der Waals surface area contributed by atoms with E-state index in [9.17, 15) is 10.4 Å². The standard InChI is InChI=1S/C17H28O5/c1-9-5-6-13-10(2)14(18)20-17-11(3)16(13,17)12(9)7-8-15(4,21-17)22-19/h9-14,18-19H,5-8H2,1-4H3/t9-,10-,11-,12?,13?,14?,15-,16+,17+/m1/s1. The Kier molecular flexibility index (Phi) is 3.10. The monoisotopic (exact) mass is 312 g/mol. The van der Waals surface area contributed by atoms with Gasteiger partial charge in [0, 0.05) is 23.7 Å². The van der Waals surface area contributed by atoms with Crippen LogP contribution in [0, 0.1) is 35.0 Å². The minimum atomic E-state index is -1.06. The summed E-state index contributed by atoms with van der Waals surface area (Å²) in [6.07, 6.45) is 3.11. The molecule has 22 heavy (non-hydrogen) atoms. The number of rotatable bonds is 1. The minimum Gasteiger partial charge on any atom is -0.368 e. The molecule has 4 aliphatic rings. The molecule has 0 bridgehead atoms. The van der Waals surface area contributed by atoms with Crippen LogP contribution in [0.3, 0.4) is 0 Å². The van der Waals surface area contributed by atoms with E-state index in [2.05, 4.69) is 20.8 Å². The number of hydrogen-bond acceptors (Lipinski definition) is 5. The van der Waals surface area contributed by atoms with E-state index in [-0.39, 0.29) is 17.3 Å². The van der Waals surface area contributed by atoms with Crippen molar-refractivity contribution in [3.05, 3.63) is 0 Å². The summed E-state index contributed by atoms with van der Waals surface area (Å²) in [5.41, 5.74) is -0.0421. The third kappa shape index (κ3) is 1.52. The van der Waals surface area contributed by atoms with Crippen LogP contribution in [0.2, 0.25) is 0 Å². The van der Waals surface area contributed by atoms with Crippen LogP contribution in [0.1, 0.15) is 53.4 Å². The molecule has 9 atom stereocenters. The van der Waals surface area contributed by atoms with Crippen molar-refractivity contribution in [2.45, 2.75) is 71.2 Å². The second-order valence-corrected chi connectivity index (χ2v) is 8.32. The zero-order valence-electron chi connectivity index (χ0n) is 13.9. The molecule has 0 aromatic heterocycles. The van der Waals surface area contributed by atoms with E-state index in [4.69, 9.17) is 14.4 Å². The van der Waals surface area contributed by atoms with Crippen molar-refractivity contribution in [1.82, 2.24) is 0 Å². The Labute approximate surface area is 131 Å². The molecular weight excluding hydrogens is 284 g/mol. The third-order valence-corrected chi connectivity index (χ3v) is 7.50. The van der Waals surface area contributed by atoms with Crippen LogP contribution >= 0.6 is 0 Å². The summed E-state index contributed by atoms with van der Waals surface area (Å²) in [7, 11) is 0. The van der Waals surface area contributed by atoms with E-state index in [1.165, 1.54) is 6.42 Å². The van der Waals surface area contributed by atoms with Gasteiger partial charge in [-0.2, -0.15) is 0 Å². The Morgan fingerprint density at radius 1 is 1.09 bits per heavy atom. The first-order valence-electron chi connectivity index (χ1n) is 8.71. The molecule has 2 aliphatic carbocycles. The molecule has 2 N–H and O–H groups in total. The molecule has 2 aliphatic heterocycles. The summed E-state index contributed by atoms with van der Waals surface area (Å²) in [4.78, 5) is 4.71. The van der Waals surface area contributed by atoms with Crippen LogP contribution < -0.4 is 0 Å². The van der Waals surface area contributed by atoms with Crippen LogP contribution in [-0.4, -0.2) is 28.2 Å². The molecule has 1 spiro atoms. The summed E-state index contributed by atoms with van der Waals surface area (Å²) >= 11 is 0. The predicted molar refractivity (Wildman–Crippen MR) is 78.4 cm³/mol. The Morgan fingerprint density at radius 3 is 2.50 bits per heavy atom. The maximum Gasteiger partial charge on any atom is 0.201 e. The molecule has 0 aromatic carbocycles. The van der Waals surface area contributed by atoms with Gasteiger partial charge in [-0.3, -0.25) is 0 Å². The van der Waals surface area contributed by atoms with Gasteiger partial charge in [0.25, 0.3) is 0 Å². The van der Waals surface area contributed by atoms with Crippen LogP contribution in [-0.2, 0) is 14.4 Å². The quantitative estimate of drug-likeness (QED) is 0.575. The summed E-state index contributed by atoms with van der Waals surface area (Å²) in [6.45, 7) is 8.36. The maximum absolute atomic E-state index is 10.4. The zero-order chi connectivity index (χ0) is 15.9. The lowest BCUT2D eigenvalue weighted by Crippen LogP contribution is -2.53. The normalized spacial score (nSPS) is 63.5. The average molecular weight is 312 g/mol. The second-order valence-electron chi connectivity index (χ2n) is 8.32. The van der Waals surface area contributed by atoms with Gasteiger partial charge in [-0.1, -0.05) is 27.2 Å². The molecule has 5 nitrogen and oxygen atoms in total. The lowest BCUT2D eigenvalue weighted by Gasteiger charge is -2.51. The smallest absolute Gasteiger partial charge is 0.201 e. The maximum atomic E-state index is 10.4. The first-order chi connectivity index (χ1) is 10.3. The summed E-state index contributed by atoms with van der Waals surface area (Å²) < 4.78 is 12.3. The minimum absolute atomic E-state index is 0.0421. The number of hydrogen-bond donors (Lipinski definition) is 2. The van der Waals surface area contributed by atoms with Crippen molar-refractivity contribution < 1.29 is 24.7 Å². The molecule has 4 rings (SSSR count). The zero-order valence-corrected chi connectivity index (χ0v) is 13.9. The molecule has 0 radical (unpaired) electrons. The Bertz CT molecular complexity index is 484. The average Bonchev–Trinajstić information content (AvgIpc) is 3.01. The highest BCUT2D eigenvalue weighted by atomic mass is 17.2. The van der Waals surface area contributed by atoms with Crippen LogP contribution in [0.5, 0.6) is 0 Å². The van der Waals surface area contributed by atoms with Gasteiger partial charge in [0.05, 0.1) is 0 Å². The van der Waals surface area contributed by atoms with E-state index in [0.29, 0.717) is 24.2 Å². The van der Waals surface area contributed by atoms with Gasteiger partial charge in [-0.05, 0) is 37.5 Å². The Balaban J connectivity index is 1.83. The van der Waals surface area contributed by atoms with E-state index in [0.717, 1.165) is 12.8 Å². The second kappa shape index (κ2) is 4.45. The van der Waals surface area contributed by atoms with Crippen molar-refractivity contribution >= 4 is 0 Å². The summed E-state index contributed by atoms with van der Waals surface area (Å²) in [5, 5.41) is 19.8. The van der Waals surface area contributed by atoms with Crippen LogP contribution in [0.15, 0.2) is 0 Å². The van der Waals surface area contributed by atoms with Gasteiger partial charge in [0.15, 0.2) is 12.1 Å². The van der Waals surface area contributed by atoms with Gasteiger partial charge in [0.2, 0.25) is 5.79 Å². The van der Waals surface area contributed by atoms with Gasteiger partial charge in [-0.15, -0.1) is 0 Å². The topological polar surface area (TPSA) is 68.2 Å². The van der Waals surface area contributed by atoms with Crippen molar-refractivity contribution in [3.8, 4) is 0 Å². The highest BCUT2D eigenvalue weighted by Crippen LogP contribution is 2.81. The fraction of sp³-hybridized carbons (Fsp3) is 1.00. The van der Waals surface area contributed by atoms with E-state index >= 15 is 0 Å². The molecule has 4 fully saturated rings. The van der Waals surface area contributed by atoms with Gasteiger partial charge >= 0.3 is 0 Å². The molecule has 2 saturated heterocycles. The fourth-order valence-electron chi connectivity index (χ4n) is 6.40. The highest BCUT2D eigenvalue weighted by Gasteiger charge is 2.88. The van der Waals surface area contributed by atoms with Gasteiger partial charge < -0.3 is 14.6 Å². The Hall–Kier alpha value is -0.200. The van der Waals surface area contributed by atoms with Crippen molar-refractivity contribution in [1.29, 1.82) is 0 Å². The van der Waals surface area contributed by atoms with Crippen molar-refractivity contribution in [2.75, 3.05) is 0 Å². The summed E-state index contributed by atoms with van der Waals surface area (Å²) in [6, 6.07) is 0.